The molecule has 0 spiro atoms. The molecule has 8 nitrogen and oxygen atoms in total. The molecule has 2 fully saturated rings. The van der Waals surface area contributed by atoms with Gasteiger partial charge in [-0.3, -0.25) is 19.2 Å². The molecule has 29 heavy (non-hydrogen) atoms. The summed E-state index contributed by atoms with van der Waals surface area (Å²) in [4.78, 5) is 26.8. The molecule has 2 amide bonds. The van der Waals surface area contributed by atoms with Crippen LogP contribution in [0.15, 0.2) is 36.7 Å². The van der Waals surface area contributed by atoms with Crippen molar-refractivity contribution in [2.45, 2.75) is 19.9 Å². The van der Waals surface area contributed by atoms with Crippen molar-refractivity contribution in [1.29, 1.82) is 0 Å². The Labute approximate surface area is 170 Å². The fraction of sp³-hybridized carbons (Fsp3) is 0.476. The lowest BCUT2D eigenvalue weighted by Gasteiger charge is -2.26. The number of ether oxygens (including phenoxy) is 1. The third kappa shape index (κ3) is 5.21. The van der Waals surface area contributed by atoms with Gasteiger partial charge in [0.2, 0.25) is 5.91 Å². The second kappa shape index (κ2) is 8.75. The number of morpholine rings is 1. The largest absolute Gasteiger partial charge is 0.379 e. The summed E-state index contributed by atoms with van der Waals surface area (Å²) < 4.78 is 7.19. The molecule has 1 aliphatic carbocycles. The van der Waals surface area contributed by atoms with Crippen molar-refractivity contribution in [3.05, 3.63) is 42.2 Å². The smallest absolute Gasteiger partial charge is 0.255 e. The van der Waals surface area contributed by atoms with E-state index >= 15 is 0 Å². The number of benzene rings is 1. The van der Waals surface area contributed by atoms with Crippen molar-refractivity contribution < 1.29 is 14.3 Å². The molecule has 2 aliphatic rings. The minimum absolute atomic E-state index is 0.0548. The highest BCUT2D eigenvalue weighted by Gasteiger charge is 2.39. The molecule has 1 saturated heterocycles. The molecule has 154 valence electrons. The molecule has 1 aliphatic heterocycles. The number of nitrogens with one attached hydrogen (secondary N) is 2. The van der Waals surface area contributed by atoms with E-state index in [4.69, 9.17) is 4.74 Å². The van der Waals surface area contributed by atoms with Gasteiger partial charge in [-0.05, 0) is 36.6 Å². The van der Waals surface area contributed by atoms with Crippen molar-refractivity contribution in [3.63, 3.8) is 0 Å². The Morgan fingerprint density at radius 2 is 1.83 bits per heavy atom. The SMILES string of the molecule is CC1CC1C(=O)Nc1ccc(C(=O)Nc2cnn(CCN3CCOCC3)c2)cc1. The molecule has 0 radical (unpaired) electrons. The molecule has 1 aromatic heterocycles. The second-order valence-corrected chi connectivity index (χ2v) is 7.79. The van der Waals surface area contributed by atoms with Gasteiger partial charge in [-0.1, -0.05) is 6.92 Å². The van der Waals surface area contributed by atoms with Gasteiger partial charge in [0.25, 0.3) is 5.91 Å². The van der Waals surface area contributed by atoms with Gasteiger partial charge in [0.15, 0.2) is 0 Å². The Kier molecular flexibility index (Phi) is 5.92. The number of hydrogen-bond donors (Lipinski definition) is 2. The summed E-state index contributed by atoms with van der Waals surface area (Å²) in [6, 6.07) is 6.94. The van der Waals surface area contributed by atoms with Crippen LogP contribution in [0.5, 0.6) is 0 Å². The average Bonchev–Trinajstić information content (AvgIpc) is 3.31. The van der Waals surface area contributed by atoms with Crippen LogP contribution in [0.1, 0.15) is 23.7 Å². The van der Waals surface area contributed by atoms with E-state index < -0.39 is 0 Å². The molecule has 2 aromatic rings. The van der Waals surface area contributed by atoms with E-state index in [0.29, 0.717) is 22.9 Å². The third-order valence-electron chi connectivity index (χ3n) is 5.50. The first-order chi connectivity index (χ1) is 14.1. The first-order valence-corrected chi connectivity index (χ1v) is 10.1. The molecule has 2 N–H and O–H groups in total. The maximum absolute atomic E-state index is 12.5. The van der Waals surface area contributed by atoms with E-state index in [9.17, 15) is 9.59 Å². The molecule has 1 saturated carbocycles. The van der Waals surface area contributed by atoms with E-state index in [1.807, 2.05) is 10.9 Å². The van der Waals surface area contributed by atoms with Crippen LogP contribution in [0, 0.1) is 11.8 Å². The Balaban J connectivity index is 1.26. The number of carbonyl (C=O) groups excluding carboxylic acids is 2. The number of amides is 2. The van der Waals surface area contributed by atoms with Crippen LogP contribution in [0.2, 0.25) is 0 Å². The summed E-state index contributed by atoms with van der Waals surface area (Å²) >= 11 is 0. The second-order valence-electron chi connectivity index (χ2n) is 7.79. The molecule has 2 unspecified atom stereocenters. The first-order valence-electron chi connectivity index (χ1n) is 10.1. The van der Waals surface area contributed by atoms with Gasteiger partial charge in [0.1, 0.15) is 0 Å². The zero-order valence-corrected chi connectivity index (χ0v) is 16.6. The molecular weight excluding hydrogens is 370 g/mol. The molecular formula is C21H27N5O3. The van der Waals surface area contributed by atoms with Crippen LogP contribution in [0.25, 0.3) is 0 Å². The summed E-state index contributed by atoms with van der Waals surface area (Å²) in [6.45, 7) is 7.20. The monoisotopic (exact) mass is 397 g/mol. The zero-order valence-electron chi connectivity index (χ0n) is 16.6. The van der Waals surface area contributed by atoms with E-state index in [2.05, 4.69) is 27.6 Å². The van der Waals surface area contributed by atoms with E-state index in [0.717, 1.165) is 45.8 Å². The Bertz CT molecular complexity index is 857. The van der Waals surface area contributed by atoms with Gasteiger partial charge in [0.05, 0.1) is 31.6 Å². The average molecular weight is 397 g/mol. The van der Waals surface area contributed by atoms with Crippen molar-refractivity contribution in [2.24, 2.45) is 11.8 Å². The van der Waals surface area contributed by atoms with Crippen LogP contribution >= 0.6 is 0 Å². The summed E-state index contributed by atoms with van der Waals surface area (Å²) in [7, 11) is 0. The predicted molar refractivity (Wildman–Crippen MR) is 110 cm³/mol. The maximum atomic E-state index is 12.5. The van der Waals surface area contributed by atoms with Crippen molar-refractivity contribution in [3.8, 4) is 0 Å². The number of aromatic nitrogens is 2. The highest BCUT2D eigenvalue weighted by atomic mass is 16.5. The number of anilines is 2. The fourth-order valence-electron chi connectivity index (χ4n) is 3.45. The molecule has 8 heteroatoms. The summed E-state index contributed by atoms with van der Waals surface area (Å²) in [5.74, 6) is 0.443. The maximum Gasteiger partial charge on any atom is 0.255 e. The molecule has 0 bridgehead atoms. The molecule has 4 rings (SSSR count). The van der Waals surface area contributed by atoms with Gasteiger partial charge in [-0.2, -0.15) is 5.10 Å². The lowest BCUT2D eigenvalue weighted by atomic mass is 10.2. The zero-order chi connectivity index (χ0) is 20.2. The number of nitrogens with zero attached hydrogens (tertiary/aromatic N) is 3. The van der Waals surface area contributed by atoms with Crippen LogP contribution in [-0.4, -0.2) is 59.3 Å². The number of hydrogen-bond acceptors (Lipinski definition) is 5. The molecule has 2 heterocycles. The summed E-state index contributed by atoms with van der Waals surface area (Å²) in [5.41, 5.74) is 1.91. The van der Waals surface area contributed by atoms with Gasteiger partial charge < -0.3 is 15.4 Å². The summed E-state index contributed by atoms with van der Waals surface area (Å²) in [6.07, 6.45) is 4.44. The predicted octanol–water partition coefficient (Wildman–Crippen LogP) is 2.06. The van der Waals surface area contributed by atoms with Gasteiger partial charge >= 0.3 is 0 Å². The summed E-state index contributed by atoms with van der Waals surface area (Å²) in [5, 5.41) is 10.1. The highest BCUT2D eigenvalue weighted by Crippen LogP contribution is 2.38. The standard InChI is InChI=1S/C21H27N5O3/c1-15-12-19(15)21(28)23-17-4-2-16(3-5-17)20(27)24-18-13-22-26(14-18)7-6-25-8-10-29-11-9-25/h2-5,13-15,19H,6-12H2,1H3,(H,23,28)(H,24,27). The minimum Gasteiger partial charge on any atom is -0.379 e. The number of carbonyl (C=O) groups is 2. The lowest BCUT2D eigenvalue weighted by Crippen LogP contribution is -2.38. The van der Waals surface area contributed by atoms with E-state index in [-0.39, 0.29) is 17.7 Å². The highest BCUT2D eigenvalue weighted by molar-refractivity contribution is 6.04. The minimum atomic E-state index is -0.202. The van der Waals surface area contributed by atoms with Crippen LogP contribution in [0.3, 0.4) is 0 Å². The fourth-order valence-corrected chi connectivity index (χ4v) is 3.45. The Morgan fingerprint density at radius 3 is 2.52 bits per heavy atom. The Morgan fingerprint density at radius 1 is 1.10 bits per heavy atom. The van der Waals surface area contributed by atoms with Gasteiger partial charge in [-0.15, -0.1) is 0 Å². The van der Waals surface area contributed by atoms with E-state index in [1.165, 1.54) is 0 Å². The van der Waals surface area contributed by atoms with Crippen LogP contribution < -0.4 is 10.6 Å². The Hall–Kier alpha value is -2.71. The van der Waals surface area contributed by atoms with Gasteiger partial charge in [-0.25, -0.2) is 0 Å². The van der Waals surface area contributed by atoms with Crippen molar-refractivity contribution >= 4 is 23.2 Å². The number of rotatable bonds is 7. The van der Waals surface area contributed by atoms with Gasteiger partial charge in [0, 0.05) is 43.0 Å². The van der Waals surface area contributed by atoms with Crippen LogP contribution in [0.4, 0.5) is 11.4 Å². The first kappa shape index (κ1) is 19.6. The van der Waals surface area contributed by atoms with Crippen LogP contribution in [-0.2, 0) is 16.1 Å². The van der Waals surface area contributed by atoms with E-state index in [1.54, 1.807) is 30.5 Å². The quantitative estimate of drug-likeness (QED) is 0.747. The third-order valence-corrected chi connectivity index (χ3v) is 5.50. The molecule has 1 aromatic carbocycles. The topological polar surface area (TPSA) is 88.5 Å². The van der Waals surface area contributed by atoms with Crippen molar-refractivity contribution in [1.82, 2.24) is 14.7 Å². The lowest BCUT2D eigenvalue weighted by molar-refractivity contribution is -0.117. The molecule has 2 atom stereocenters. The normalized spacial score (nSPS) is 21.6. The van der Waals surface area contributed by atoms with Crippen molar-refractivity contribution in [2.75, 3.05) is 43.5 Å².